The number of benzene rings is 2. The summed E-state index contributed by atoms with van der Waals surface area (Å²) < 4.78 is 63.1. The highest BCUT2D eigenvalue weighted by atomic mass is 32.3. The summed E-state index contributed by atoms with van der Waals surface area (Å²) in [5.74, 6) is 27.9. The van der Waals surface area contributed by atoms with Crippen LogP contribution in [0.5, 0.6) is 23.0 Å². The molecule has 130 heavy (non-hydrogen) atoms. The summed E-state index contributed by atoms with van der Waals surface area (Å²) in [7, 11) is 0. The smallest absolute Gasteiger partial charge is 0.135 e. The molecule has 4 nitrogen and oxygen atoms in total. The molecular weight excluding hydrogens is 2220 g/mol. The van der Waals surface area contributed by atoms with Gasteiger partial charge < -0.3 is 18.9 Å². The minimum absolute atomic E-state index is 0.530. The van der Waals surface area contributed by atoms with Crippen molar-refractivity contribution in [3.8, 4) is 34.8 Å². The maximum absolute atomic E-state index is 7.03. The predicted molar refractivity (Wildman–Crippen MR) is 665 cm³/mol. The predicted octanol–water partition coefficient (Wildman–Crippen LogP) is 43.3. The highest BCUT2D eigenvalue weighted by molar-refractivity contribution is 8.49. The van der Waals surface area contributed by atoms with Crippen LogP contribution in [0, 0.1) is 11.8 Å². The van der Waals surface area contributed by atoms with Crippen molar-refractivity contribution < 1.29 is 18.9 Å². The second-order valence-electron chi connectivity index (χ2n) is 29.3. The maximum atomic E-state index is 7.03. The Labute approximate surface area is 921 Å². The average molecular weight is 2350 g/mol. The van der Waals surface area contributed by atoms with Crippen LogP contribution in [0.1, 0.15) is 248 Å². The highest BCUT2D eigenvalue weighted by Crippen LogP contribution is 2.71. The summed E-state index contributed by atoms with van der Waals surface area (Å²) in [6, 6.07) is 12.7. The van der Waals surface area contributed by atoms with Gasteiger partial charge in [-0.25, -0.2) is 0 Å². The molecule has 722 valence electrons. The zero-order valence-corrected chi connectivity index (χ0v) is 103. The third-order valence-corrected chi connectivity index (χ3v) is 65.5. The number of unbranched alkanes of at least 4 members (excludes halogenated alkanes) is 12. The van der Waals surface area contributed by atoms with Gasteiger partial charge in [0.25, 0.3) is 0 Å². The quantitative estimate of drug-likeness (QED) is 0.0465. The fourth-order valence-corrected chi connectivity index (χ4v) is 60.3. The lowest BCUT2D eigenvalue weighted by atomic mass is 10.1. The van der Waals surface area contributed by atoms with Crippen molar-refractivity contribution in [2.75, 3.05) is 118 Å². The van der Waals surface area contributed by atoms with E-state index in [2.05, 4.69) is 249 Å². The van der Waals surface area contributed by atoms with Gasteiger partial charge in [0.2, 0.25) is 0 Å². The fourth-order valence-electron chi connectivity index (χ4n) is 10.9. The number of ether oxygens (including phenoxy) is 4. The SMILES string of the molecule is CCCCSC1=C(SCCCC)SC(=C2SC(SCCCC)=C(SCCOc3ccc(OCCSC4=C(SCCCC)SC(=C5SC(SCCCC)=C(SCCCC)S5)S4)c(C#Cc4cc(OCCSC5=C(SCCCC)SC(=C6SC(SCCCC)=C(SCCCC)S6)S5)ccc4OCCSC4=C(SCCCC)SC(=C5SC(SCCCC)=C(SCCCC)S5)S4)c3)S2)S1. The Hall–Kier alpha value is 5.28. The number of thioether (sulfide) groups is 32. The summed E-state index contributed by atoms with van der Waals surface area (Å²) in [5, 5.41) is 0. The van der Waals surface area contributed by atoms with Gasteiger partial charge in [0, 0.05) is 23.0 Å². The van der Waals surface area contributed by atoms with Crippen LogP contribution < -0.4 is 18.9 Å². The average Bonchev–Trinajstić information content (AvgIpc) is 1.70. The van der Waals surface area contributed by atoms with Gasteiger partial charge in [0.05, 0.1) is 139 Å². The first-order chi connectivity index (χ1) is 64.0. The molecule has 0 spiro atoms. The van der Waals surface area contributed by atoms with Crippen LogP contribution >= 0.6 is 376 Å². The summed E-state index contributed by atoms with van der Waals surface area (Å²) in [4.78, 5) is 0. The Bertz CT molecular complexity index is 3990. The first-order valence-corrected chi connectivity index (χ1v) is 74.9. The van der Waals surface area contributed by atoms with E-state index in [1.54, 1.807) is 0 Å². The van der Waals surface area contributed by atoms with Gasteiger partial charge in [-0.2, -0.15) is 0 Å². The van der Waals surface area contributed by atoms with Crippen LogP contribution in [0.4, 0.5) is 0 Å². The van der Waals surface area contributed by atoms with E-state index in [9.17, 15) is 0 Å². The molecule has 0 aliphatic carbocycles. The van der Waals surface area contributed by atoms with Crippen molar-refractivity contribution in [1.29, 1.82) is 0 Å². The van der Waals surface area contributed by atoms with Crippen LogP contribution in [0.2, 0.25) is 0 Å². The molecule has 10 rings (SSSR count). The maximum Gasteiger partial charge on any atom is 0.135 e. The summed E-state index contributed by atoms with van der Waals surface area (Å²) in [6.07, 6.45) is 29.5. The summed E-state index contributed by atoms with van der Waals surface area (Å²) >= 11 is 65.0. The molecule has 0 aromatic heterocycles. The van der Waals surface area contributed by atoms with Gasteiger partial charge in [-0.1, -0.05) is 360 Å². The molecule has 2 aromatic carbocycles. The van der Waals surface area contributed by atoms with E-state index in [1.807, 2.05) is 259 Å². The van der Waals surface area contributed by atoms with Gasteiger partial charge >= 0.3 is 0 Å². The molecule has 8 aliphatic heterocycles. The van der Waals surface area contributed by atoms with Crippen molar-refractivity contribution >= 4 is 376 Å². The Morgan fingerprint density at radius 1 is 0.185 bits per heavy atom. The highest BCUT2D eigenvalue weighted by Gasteiger charge is 2.37. The molecule has 0 fully saturated rings. The Morgan fingerprint density at radius 2 is 0.323 bits per heavy atom. The normalized spacial score (nSPS) is 16.9. The summed E-state index contributed by atoms with van der Waals surface area (Å²) in [5.41, 5.74) is 1.59. The number of rotatable bonds is 68. The van der Waals surface area contributed by atoms with E-state index >= 15 is 0 Å². The molecule has 0 N–H and O–H groups in total. The first-order valence-electron chi connectivity index (χ1n) is 46.1. The first kappa shape index (κ1) is 117. The van der Waals surface area contributed by atoms with Crippen molar-refractivity contribution in [3.63, 3.8) is 0 Å². The molecule has 0 saturated heterocycles. The van der Waals surface area contributed by atoms with Crippen LogP contribution in [0.3, 0.4) is 0 Å². The molecular formula is C94H130O4S32. The van der Waals surface area contributed by atoms with E-state index < -0.39 is 0 Å². The van der Waals surface area contributed by atoms with Crippen LogP contribution in [0.15, 0.2) is 138 Å². The van der Waals surface area contributed by atoms with E-state index in [0.717, 1.165) is 80.1 Å². The van der Waals surface area contributed by atoms with Crippen molar-refractivity contribution in [2.24, 2.45) is 0 Å². The van der Waals surface area contributed by atoms with E-state index in [1.165, 1.54) is 302 Å². The molecule has 8 aliphatic rings. The fraction of sp³-hybridized carbons (Fsp3) is 0.596. The Morgan fingerprint density at radius 3 is 0.469 bits per heavy atom. The molecule has 36 heteroatoms. The Balaban J connectivity index is 0.919. The monoisotopic (exact) mass is 2350 g/mol. The molecule has 0 atom stereocenters. The second-order valence-corrected chi connectivity index (χ2v) is 69.5. The van der Waals surface area contributed by atoms with Crippen molar-refractivity contribution in [3.05, 3.63) is 149 Å². The van der Waals surface area contributed by atoms with Crippen LogP contribution in [-0.2, 0) is 0 Å². The molecule has 8 heterocycles. The van der Waals surface area contributed by atoms with Gasteiger partial charge in [-0.05, 0) is 182 Å². The minimum atomic E-state index is 0.530. The topological polar surface area (TPSA) is 36.9 Å². The number of hydrogen-bond acceptors (Lipinski definition) is 36. The second kappa shape index (κ2) is 71.0. The van der Waals surface area contributed by atoms with Gasteiger partial charge in [0.1, 0.15) is 23.0 Å². The van der Waals surface area contributed by atoms with Crippen LogP contribution in [0.25, 0.3) is 0 Å². The minimum Gasteiger partial charge on any atom is -0.493 e. The lowest BCUT2D eigenvalue weighted by molar-refractivity contribution is 0.333. The molecule has 0 bridgehead atoms. The van der Waals surface area contributed by atoms with Gasteiger partial charge in [-0.15, -0.1) is 188 Å². The van der Waals surface area contributed by atoms with E-state index in [0.29, 0.717) is 26.4 Å². The number of hydrogen-bond donors (Lipinski definition) is 0. The molecule has 0 amide bonds. The Kier molecular flexibility index (Phi) is 64.0. The summed E-state index contributed by atoms with van der Waals surface area (Å²) in [6.45, 7) is 29.9. The zero-order chi connectivity index (χ0) is 91.5. The third-order valence-electron chi connectivity index (χ3n) is 18.3. The van der Waals surface area contributed by atoms with Gasteiger partial charge in [0.15, 0.2) is 0 Å². The zero-order valence-electron chi connectivity index (χ0n) is 77.3. The largest absolute Gasteiger partial charge is 0.493 e. The van der Waals surface area contributed by atoms with Crippen molar-refractivity contribution in [1.82, 2.24) is 0 Å². The van der Waals surface area contributed by atoms with E-state index in [4.69, 9.17) is 18.9 Å². The standard InChI is InChI=1S/C94H130O4S32/c1-13-25-47-99-71-72(100-48-26-14-2)116-87(115-71)91-123-79(107-55-33-21-9)83(127-91)111-59-43-95-67-39-41-69(97-45-61-113-85-81(109-57-35-23-11)125-93(129-85)89-119-75(103-51-29-17-5)76(120-89)104-52-30-18-6)65(63-67)37-38-66-64-68(96-44-60-112-84-80(108-56-34-22-10)124-92(128-84)88-117-73(101-49-27-15-3)74(118-88)102-50-28-16-4)40-42-70(66)98-46-62-114-86-82(110-58-36-24-12)126-94(130-86)90-121-77(105-53-31-19-7)78(122-90)106-54-32-20-8/h39-42,63-64H,13-36,43-62H2,1-12H3. The molecule has 0 saturated carbocycles. The van der Waals surface area contributed by atoms with Gasteiger partial charge in [-0.3, -0.25) is 0 Å². The lowest BCUT2D eigenvalue weighted by Gasteiger charge is -2.13. The molecule has 2 aromatic rings. The van der Waals surface area contributed by atoms with Crippen molar-refractivity contribution in [2.45, 2.75) is 237 Å². The molecule has 0 unspecified atom stereocenters. The van der Waals surface area contributed by atoms with Crippen LogP contribution in [-0.4, -0.2) is 118 Å². The molecule has 0 radical (unpaired) electrons. The lowest BCUT2D eigenvalue weighted by Crippen LogP contribution is -2.04. The third kappa shape index (κ3) is 41.8. The van der Waals surface area contributed by atoms with E-state index in [-0.39, 0.29) is 0 Å².